The van der Waals surface area contributed by atoms with Gasteiger partial charge in [-0.05, 0) is 95.3 Å². The zero-order valence-electron chi connectivity index (χ0n) is 35.1. The molecule has 0 bridgehead atoms. The molecule has 0 spiro atoms. The third kappa shape index (κ3) is 6.18. The number of benzene rings is 11. The maximum atomic E-state index is 6.81. The number of furan rings is 1. The van der Waals surface area contributed by atoms with Crippen LogP contribution in [0.5, 0.6) is 0 Å². The minimum absolute atomic E-state index is 0.616. The maximum absolute atomic E-state index is 6.81. The van der Waals surface area contributed by atoms with Crippen molar-refractivity contribution in [3.05, 3.63) is 224 Å². The lowest BCUT2D eigenvalue weighted by molar-refractivity contribution is 0.673. The van der Waals surface area contributed by atoms with Crippen LogP contribution in [0.1, 0.15) is 0 Å². The van der Waals surface area contributed by atoms with Crippen molar-refractivity contribution in [1.29, 1.82) is 0 Å². The monoisotopic (exact) mass is 827 g/mol. The number of aromatic nitrogens is 3. The van der Waals surface area contributed by atoms with Crippen LogP contribution in [0.25, 0.3) is 133 Å². The molecular weight excluding hydrogens is 791 g/mol. The Bertz CT molecular complexity index is 3950. The van der Waals surface area contributed by atoms with Crippen LogP contribution in [0.3, 0.4) is 0 Å². The van der Waals surface area contributed by atoms with E-state index in [-0.39, 0.29) is 0 Å². The van der Waals surface area contributed by atoms with Crippen LogP contribution in [0, 0.1) is 0 Å². The van der Waals surface area contributed by atoms with Crippen LogP contribution < -0.4 is 0 Å². The van der Waals surface area contributed by atoms with Crippen LogP contribution >= 0.6 is 0 Å². The lowest BCUT2D eigenvalue weighted by Gasteiger charge is -2.13. The van der Waals surface area contributed by atoms with Gasteiger partial charge in [0.05, 0.1) is 0 Å². The summed E-state index contributed by atoms with van der Waals surface area (Å²) in [5.74, 6) is 1.87. The first-order valence-electron chi connectivity index (χ1n) is 22.0. The largest absolute Gasteiger partial charge is 0.455 e. The van der Waals surface area contributed by atoms with Gasteiger partial charge in [-0.1, -0.05) is 200 Å². The summed E-state index contributed by atoms with van der Waals surface area (Å²) < 4.78 is 6.81. The van der Waals surface area contributed by atoms with E-state index >= 15 is 0 Å². The van der Waals surface area contributed by atoms with Crippen molar-refractivity contribution in [1.82, 2.24) is 15.0 Å². The Kier molecular flexibility index (Phi) is 8.50. The average Bonchev–Trinajstić information content (AvgIpc) is 3.78. The predicted molar refractivity (Wildman–Crippen MR) is 270 cm³/mol. The Balaban J connectivity index is 0.948. The molecule has 2 aromatic heterocycles. The molecular formula is C61H37N3O. The van der Waals surface area contributed by atoms with E-state index < -0.39 is 0 Å². The van der Waals surface area contributed by atoms with Crippen LogP contribution in [-0.2, 0) is 0 Å². The molecule has 13 rings (SSSR count). The highest BCUT2D eigenvalue weighted by molar-refractivity contribution is 6.27. The molecule has 0 N–H and O–H groups in total. The molecule has 0 saturated heterocycles. The van der Waals surface area contributed by atoms with Gasteiger partial charge in [0.15, 0.2) is 17.5 Å². The molecule has 65 heavy (non-hydrogen) atoms. The molecule has 0 amide bonds. The SMILES string of the molecule is c1ccc(-c2cccc(-c3nc(-c4ccccc4)nc(-c4ccc(-c5cccc6oc7c8ccccc8c(-c8ccc9c%10ccccc%10c%10ccccc%10c9c8)cc7c56)cc4)n3)c2)cc1. The Morgan fingerprint density at radius 2 is 0.723 bits per heavy atom. The summed E-state index contributed by atoms with van der Waals surface area (Å²) in [6, 6.07) is 79.4. The van der Waals surface area contributed by atoms with Gasteiger partial charge in [0.2, 0.25) is 0 Å². The molecule has 2 heterocycles. The Labute approximate surface area is 374 Å². The molecule has 0 unspecified atom stereocenters. The van der Waals surface area contributed by atoms with Crippen molar-refractivity contribution < 1.29 is 4.42 Å². The fourth-order valence-electron chi connectivity index (χ4n) is 9.82. The zero-order chi connectivity index (χ0) is 42.8. The molecule has 302 valence electrons. The van der Waals surface area contributed by atoms with Crippen molar-refractivity contribution in [2.24, 2.45) is 0 Å². The van der Waals surface area contributed by atoms with Gasteiger partial charge in [0, 0.05) is 32.8 Å². The number of hydrogen-bond acceptors (Lipinski definition) is 4. The fraction of sp³-hybridized carbons (Fsp3) is 0. The van der Waals surface area contributed by atoms with Crippen LogP contribution in [-0.4, -0.2) is 15.0 Å². The van der Waals surface area contributed by atoms with Gasteiger partial charge in [0.25, 0.3) is 0 Å². The summed E-state index contributed by atoms with van der Waals surface area (Å²) in [4.78, 5) is 15.2. The van der Waals surface area contributed by atoms with E-state index in [1.807, 2.05) is 36.4 Å². The van der Waals surface area contributed by atoms with E-state index in [9.17, 15) is 0 Å². The number of fused-ring (bicyclic) bond motifs is 11. The Morgan fingerprint density at radius 1 is 0.246 bits per heavy atom. The standard InChI is InChI=1S/C61H37N3O/c1-3-15-38(16-4-1)42-19-13-20-44(35-42)61-63-59(40-17-5-2-6-18-40)62-60(64-61)41-31-29-39(30-32-41)45-27-14-28-56-57(45)55-37-53(50-25-11-12-26-52(50)58(55)65-56)43-33-34-51-48-23-8-7-21-46(48)47-22-9-10-24-49(47)54(51)36-43/h1-37H. The first kappa shape index (κ1) is 36.9. The number of hydrogen-bond donors (Lipinski definition) is 0. The van der Waals surface area contributed by atoms with E-state index in [0.717, 1.165) is 71.7 Å². The molecule has 4 heteroatoms. The van der Waals surface area contributed by atoms with Gasteiger partial charge in [-0.3, -0.25) is 0 Å². The molecule has 0 atom stereocenters. The second-order valence-corrected chi connectivity index (χ2v) is 16.7. The van der Waals surface area contributed by atoms with Gasteiger partial charge >= 0.3 is 0 Å². The highest BCUT2D eigenvalue weighted by atomic mass is 16.3. The molecule has 4 nitrogen and oxygen atoms in total. The molecule has 13 aromatic rings. The Morgan fingerprint density at radius 3 is 1.40 bits per heavy atom. The topological polar surface area (TPSA) is 51.8 Å². The molecule has 0 fully saturated rings. The van der Waals surface area contributed by atoms with Gasteiger partial charge in [-0.25, -0.2) is 15.0 Å². The van der Waals surface area contributed by atoms with Crippen molar-refractivity contribution in [2.75, 3.05) is 0 Å². The quantitative estimate of drug-likeness (QED) is 0.157. The van der Waals surface area contributed by atoms with Crippen LogP contribution in [0.2, 0.25) is 0 Å². The summed E-state index contributed by atoms with van der Waals surface area (Å²) >= 11 is 0. The summed E-state index contributed by atoms with van der Waals surface area (Å²) in [7, 11) is 0. The summed E-state index contributed by atoms with van der Waals surface area (Å²) in [5.41, 5.74) is 11.3. The zero-order valence-corrected chi connectivity index (χ0v) is 35.1. The van der Waals surface area contributed by atoms with E-state index in [1.54, 1.807) is 0 Å². The molecule has 11 aromatic carbocycles. The first-order valence-corrected chi connectivity index (χ1v) is 22.0. The van der Waals surface area contributed by atoms with Crippen molar-refractivity contribution in [3.63, 3.8) is 0 Å². The summed E-state index contributed by atoms with van der Waals surface area (Å²) in [5, 5.41) is 12.0. The van der Waals surface area contributed by atoms with Crippen molar-refractivity contribution in [3.8, 4) is 67.5 Å². The second-order valence-electron chi connectivity index (χ2n) is 16.7. The molecule has 0 aliphatic carbocycles. The highest BCUT2D eigenvalue weighted by Gasteiger charge is 2.20. The predicted octanol–water partition coefficient (Wildman–Crippen LogP) is 16.4. The van der Waals surface area contributed by atoms with Gasteiger partial charge in [0.1, 0.15) is 11.2 Å². The smallest absolute Gasteiger partial charge is 0.164 e. The van der Waals surface area contributed by atoms with Gasteiger partial charge in [-0.15, -0.1) is 0 Å². The minimum Gasteiger partial charge on any atom is -0.455 e. The third-order valence-electron chi connectivity index (χ3n) is 12.9. The minimum atomic E-state index is 0.616. The summed E-state index contributed by atoms with van der Waals surface area (Å²) in [6.45, 7) is 0. The summed E-state index contributed by atoms with van der Waals surface area (Å²) in [6.07, 6.45) is 0. The highest BCUT2D eigenvalue weighted by Crippen LogP contribution is 2.45. The Hall–Kier alpha value is -8.73. The fourth-order valence-corrected chi connectivity index (χ4v) is 9.82. The first-order chi connectivity index (χ1) is 32.2. The average molecular weight is 828 g/mol. The van der Waals surface area contributed by atoms with Crippen LogP contribution in [0.4, 0.5) is 0 Å². The van der Waals surface area contributed by atoms with Crippen molar-refractivity contribution in [2.45, 2.75) is 0 Å². The molecule has 0 aliphatic heterocycles. The number of rotatable bonds is 6. The van der Waals surface area contributed by atoms with E-state index in [0.29, 0.717) is 17.5 Å². The maximum Gasteiger partial charge on any atom is 0.164 e. The van der Waals surface area contributed by atoms with E-state index in [2.05, 4.69) is 188 Å². The third-order valence-corrected chi connectivity index (χ3v) is 12.9. The lowest BCUT2D eigenvalue weighted by Crippen LogP contribution is -2.00. The van der Waals surface area contributed by atoms with E-state index in [1.165, 1.54) is 43.4 Å². The second kappa shape index (κ2) is 15.0. The van der Waals surface area contributed by atoms with Crippen molar-refractivity contribution >= 4 is 65.0 Å². The molecule has 0 aliphatic rings. The molecule has 0 radical (unpaired) electrons. The van der Waals surface area contributed by atoms with Gasteiger partial charge < -0.3 is 4.42 Å². The number of nitrogens with zero attached hydrogens (tertiary/aromatic N) is 3. The van der Waals surface area contributed by atoms with Gasteiger partial charge in [-0.2, -0.15) is 0 Å². The molecule has 0 saturated carbocycles. The normalized spacial score (nSPS) is 11.7. The van der Waals surface area contributed by atoms with E-state index in [4.69, 9.17) is 19.4 Å². The van der Waals surface area contributed by atoms with Crippen LogP contribution in [0.15, 0.2) is 229 Å². The lowest BCUT2D eigenvalue weighted by atomic mass is 9.90.